The minimum Gasteiger partial charge on any atom is -0.508 e. The molecule has 1 fully saturated rings. The van der Waals surface area contributed by atoms with Gasteiger partial charge in [-0.3, -0.25) is 29.1 Å². The minimum atomic E-state index is -1.16. The first kappa shape index (κ1) is 30.8. The fraction of sp³-hybridized carbons (Fsp3) is 0.200. The molecular formula is C25H24ClN5O9S. The lowest BCUT2D eigenvalue weighted by atomic mass is 10.0. The molecule has 2 aromatic carbocycles. The highest BCUT2D eigenvalue weighted by Gasteiger charge is 2.34. The number of thioether (sulfide) groups is 1. The van der Waals surface area contributed by atoms with Gasteiger partial charge in [-0.15, -0.1) is 0 Å². The number of anilines is 1. The monoisotopic (exact) mass is 605 g/mol. The van der Waals surface area contributed by atoms with E-state index in [0.29, 0.717) is 22.0 Å². The number of aromatic hydroxyl groups is 2. The first-order chi connectivity index (χ1) is 19.4. The molecule has 2 amide bonds. The second-order valence-electron chi connectivity index (χ2n) is 8.31. The molecule has 216 valence electrons. The Hall–Kier alpha value is -4.76. The molecule has 2 atom stereocenters. The molecule has 0 aliphatic carbocycles. The van der Waals surface area contributed by atoms with Gasteiger partial charge in [0.1, 0.15) is 28.4 Å². The van der Waals surface area contributed by atoms with E-state index in [2.05, 4.69) is 20.6 Å². The zero-order chi connectivity index (χ0) is 30.3. The first-order valence-electron chi connectivity index (χ1n) is 11.6. The van der Waals surface area contributed by atoms with E-state index in [4.69, 9.17) is 26.2 Å². The molecule has 1 aromatic heterocycles. The van der Waals surface area contributed by atoms with E-state index >= 15 is 0 Å². The largest absolute Gasteiger partial charge is 0.508 e. The Balaban J connectivity index is 0.00000108. The van der Waals surface area contributed by atoms with Gasteiger partial charge in [-0.25, -0.2) is 9.79 Å². The van der Waals surface area contributed by atoms with Crippen molar-refractivity contribution in [3.05, 3.63) is 79.5 Å². The van der Waals surface area contributed by atoms with E-state index < -0.39 is 46.2 Å². The van der Waals surface area contributed by atoms with Crippen molar-refractivity contribution in [1.82, 2.24) is 15.3 Å². The number of rotatable bonds is 7. The van der Waals surface area contributed by atoms with E-state index in [0.717, 1.165) is 18.7 Å². The molecule has 0 saturated carbocycles. The van der Waals surface area contributed by atoms with Crippen LogP contribution in [-0.4, -0.2) is 60.6 Å². The fourth-order valence-electron chi connectivity index (χ4n) is 3.57. The van der Waals surface area contributed by atoms with Crippen molar-refractivity contribution in [2.24, 2.45) is 4.99 Å². The quantitative estimate of drug-likeness (QED) is 0.207. The number of methoxy groups -OCH3 is 1. The van der Waals surface area contributed by atoms with Gasteiger partial charge in [-0.05, 0) is 35.9 Å². The zero-order valence-electron chi connectivity index (χ0n) is 21.4. The number of carboxylic acids is 1. The number of carboxylic acid groups (broad SMARTS) is 1. The summed E-state index contributed by atoms with van der Waals surface area (Å²) in [6.45, 7) is 1.08. The number of amidine groups is 1. The molecule has 2 heterocycles. The second-order valence-corrected chi connectivity index (χ2v) is 9.94. The van der Waals surface area contributed by atoms with Crippen LogP contribution in [0.1, 0.15) is 30.5 Å². The Kier molecular flexibility index (Phi) is 10.2. The van der Waals surface area contributed by atoms with Crippen LogP contribution in [0.5, 0.6) is 17.4 Å². The highest BCUT2D eigenvalue weighted by Crippen LogP contribution is 2.33. The van der Waals surface area contributed by atoms with E-state index in [-0.39, 0.29) is 22.9 Å². The van der Waals surface area contributed by atoms with Gasteiger partial charge in [-0.1, -0.05) is 35.5 Å². The third-order valence-corrected chi connectivity index (χ3v) is 6.60. The van der Waals surface area contributed by atoms with Gasteiger partial charge in [0.05, 0.1) is 12.8 Å². The van der Waals surface area contributed by atoms with E-state index in [9.17, 15) is 29.4 Å². The maximum Gasteiger partial charge on any atom is 0.328 e. The van der Waals surface area contributed by atoms with Crippen LogP contribution in [0.4, 0.5) is 5.69 Å². The van der Waals surface area contributed by atoms with Gasteiger partial charge in [0.2, 0.25) is 17.7 Å². The van der Waals surface area contributed by atoms with Crippen LogP contribution in [0, 0.1) is 0 Å². The summed E-state index contributed by atoms with van der Waals surface area (Å²) in [4.78, 5) is 66.8. The average molecular weight is 606 g/mol. The van der Waals surface area contributed by atoms with Crippen molar-refractivity contribution in [3.8, 4) is 17.4 Å². The summed E-state index contributed by atoms with van der Waals surface area (Å²) < 4.78 is 5.21. The number of benzene rings is 2. The maximum absolute atomic E-state index is 12.6. The van der Waals surface area contributed by atoms with E-state index in [1.165, 1.54) is 37.4 Å². The number of hydrogen-bond acceptors (Lipinski definition) is 10. The summed E-state index contributed by atoms with van der Waals surface area (Å²) in [7, 11) is 1.44. The van der Waals surface area contributed by atoms with Crippen molar-refractivity contribution in [2.45, 2.75) is 24.6 Å². The average Bonchev–Trinajstić information content (AvgIpc) is 3.21. The summed E-state index contributed by atoms with van der Waals surface area (Å²) in [5, 5.41) is 32.2. The van der Waals surface area contributed by atoms with Crippen LogP contribution in [0.25, 0.3) is 0 Å². The molecule has 1 saturated heterocycles. The van der Waals surface area contributed by atoms with Gasteiger partial charge in [0.25, 0.3) is 11.5 Å². The molecule has 0 spiro atoms. The Labute approximate surface area is 240 Å². The van der Waals surface area contributed by atoms with Crippen LogP contribution in [0.15, 0.2) is 57.0 Å². The smallest absolute Gasteiger partial charge is 0.328 e. The number of hydrogen-bond donors (Lipinski definition) is 7. The molecule has 14 nitrogen and oxygen atoms in total. The summed E-state index contributed by atoms with van der Waals surface area (Å²) in [6.07, 6.45) is -0.209. The molecule has 4 rings (SSSR count). The molecule has 41 heavy (non-hydrogen) atoms. The van der Waals surface area contributed by atoms with Crippen LogP contribution in [0.3, 0.4) is 0 Å². The summed E-state index contributed by atoms with van der Waals surface area (Å²) in [5.74, 6) is -2.14. The number of halogens is 1. The third kappa shape index (κ3) is 8.36. The number of aromatic amines is 2. The standard InChI is InChI=1S/C23H20ClN5O7S.C2H4O2/c1-36-14-7-4-11(24)8-13(14)25-16(31)9-15-19(32)29-23(37-15)26-18(10-2-5-12(30)6-3-10)17-20(33)27-22(35)28-21(17)34;1-2(3)4/h2-8,15,18,30H,9H2,1H3,(H,25,31)(H,26,29,32)(H3,27,28,33,34,35);1H3,(H,3,4). The number of amides is 2. The van der Waals surface area contributed by atoms with Crippen LogP contribution < -0.4 is 26.6 Å². The lowest BCUT2D eigenvalue weighted by molar-refractivity contribution is -0.134. The maximum atomic E-state index is 12.6. The van der Waals surface area contributed by atoms with Crippen molar-refractivity contribution in [3.63, 3.8) is 0 Å². The molecule has 3 aromatic rings. The molecule has 7 N–H and O–H groups in total. The third-order valence-electron chi connectivity index (χ3n) is 5.27. The number of aliphatic carboxylic acids is 1. The number of phenolic OH excluding ortho intramolecular Hbond substituents is 1. The number of nitrogens with one attached hydrogen (secondary N) is 4. The Morgan fingerprint density at radius 2 is 1.78 bits per heavy atom. The molecule has 1 aliphatic heterocycles. The van der Waals surface area contributed by atoms with Crippen molar-refractivity contribution in [1.29, 1.82) is 0 Å². The van der Waals surface area contributed by atoms with Crippen LogP contribution >= 0.6 is 23.4 Å². The number of nitrogens with zero attached hydrogens (tertiary/aromatic N) is 1. The van der Waals surface area contributed by atoms with Gasteiger partial charge in [0.15, 0.2) is 5.17 Å². The zero-order valence-corrected chi connectivity index (χ0v) is 23.0. The van der Waals surface area contributed by atoms with Crippen molar-refractivity contribution in [2.75, 3.05) is 12.4 Å². The Morgan fingerprint density at radius 3 is 2.39 bits per heavy atom. The van der Waals surface area contributed by atoms with Gasteiger partial charge >= 0.3 is 5.69 Å². The number of H-pyrrole nitrogens is 2. The van der Waals surface area contributed by atoms with Gasteiger partial charge in [0, 0.05) is 18.4 Å². The molecule has 16 heteroatoms. The van der Waals surface area contributed by atoms with Crippen LogP contribution in [0.2, 0.25) is 5.02 Å². The molecule has 0 radical (unpaired) electrons. The Bertz CT molecular complexity index is 1600. The van der Waals surface area contributed by atoms with Gasteiger partial charge in [-0.2, -0.15) is 0 Å². The number of aliphatic imine (C=N–C) groups is 1. The normalized spacial score (nSPS) is 15.8. The number of carbonyl (C=O) groups excluding carboxylic acids is 2. The molecule has 0 bridgehead atoms. The lowest BCUT2D eigenvalue weighted by Gasteiger charge is -2.14. The number of phenols is 1. The highest BCUT2D eigenvalue weighted by molar-refractivity contribution is 8.15. The predicted octanol–water partition coefficient (Wildman–Crippen LogP) is 1.93. The van der Waals surface area contributed by atoms with Crippen molar-refractivity contribution >= 4 is 52.0 Å². The minimum absolute atomic E-state index is 0.0410. The predicted molar refractivity (Wildman–Crippen MR) is 151 cm³/mol. The summed E-state index contributed by atoms with van der Waals surface area (Å²) in [6, 6.07) is 9.22. The summed E-state index contributed by atoms with van der Waals surface area (Å²) in [5.41, 5.74) is -1.35. The van der Waals surface area contributed by atoms with E-state index in [1.54, 1.807) is 12.1 Å². The topological polar surface area (TPSA) is 223 Å². The Morgan fingerprint density at radius 1 is 1.12 bits per heavy atom. The molecule has 1 aliphatic rings. The highest BCUT2D eigenvalue weighted by atomic mass is 35.5. The van der Waals surface area contributed by atoms with Crippen molar-refractivity contribution < 1.29 is 34.4 Å². The first-order valence-corrected chi connectivity index (χ1v) is 12.9. The fourth-order valence-corrected chi connectivity index (χ4v) is 4.73. The van der Waals surface area contributed by atoms with E-state index in [1.807, 2.05) is 4.98 Å². The second kappa shape index (κ2) is 13.5. The number of carbonyl (C=O) groups is 3. The lowest BCUT2D eigenvalue weighted by Crippen LogP contribution is -2.29. The number of ether oxygens (including phenoxy) is 1. The molecule has 2 unspecified atom stereocenters. The SMILES string of the molecule is CC(=O)O.COc1ccc(Cl)cc1NC(=O)CC1SC(=NC(c2ccc(O)cc2)c2c(O)[nH]c(=O)[nH]c2=O)NC1=O. The summed E-state index contributed by atoms with van der Waals surface area (Å²) >= 11 is 6.95. The van der Waals surface area contributed by atoms with Crippen LogP contribution in [-0.2, 0) is 14.4 Å². The number of aromatic nitrogens is 2. The van der Waals surface area contributed by atoms with Gasteiger partial charge < -0.3 is 30.7 Å². The molecular weight excluding hydrogens is 582 g/mol.